The van der Waals surface area contributed by atoms with E-state index < -0.39 is 10.0 Å². The summed E-state index contributed by atoms with van der Waals surface area (Å²) in [7, 11) is -3.10. The molecule has 0 heterocycles. The third-order valence-corrected chi connectivity index (χ3v) is 6.04. The van der Waals surface area contributed by atoms with Crippen molar-refractivity contribution in [1.29, 1.82) is 0 Å². The standard InChI is InChI=1S/C11H22N2O2S2/c1-16-11-4-2-3-10(11)13-17(14,15)8-7-12-9-5-6-9/h9-13H,2-8H2,1H3. The van der Waals surface area contributed by atoms with Gasteiger partial charge in [-0.3, -0.25) is 0 Å². The summed E-state index contributed by atoms with van der Waals surface area (Å²) in [5.74, 6) is 0.209. The third kappa shape index (κ3) is 4.43. The molecule has 0 aromatic rings. The summed E-state index contributed by atoms with van der Waals surface area (Å²) < 4.78 is 26.6. The normalized spacial score (nSPS) is 29.7. The lowest BCUT2D eigenvalue weighted by atomic mass is 10.3. The first-order valence-corrected chi connectivity index (χ1v) is 9.31. The Labute approximate surface area is 108 Å². The zero-order valence-corrected chi connectivity index (χ0v) is 11.9. The summed E-state index contributed by atoms with van der Waals surface area (Å²) >= 11 is 1.78. The average Bonchev–Trinajstić information content (AvgIpc) is 2.97. The van der Waals surface area contributed by atoms with Gasteiger partial charge in [-0.2, -0.15) is 11.8 Å². The van der Waals surface area contributed by atoms with E-state index in [9.17, 15) is 8.42 Å². The SMILES string of the molecule is CSC1CCCC1NS(=O)(=O)CCNC1CC1. The van der Waals surface area contributed by atoms with Gasteiger partial charge in [0.15, 0.2) is 0 Å². The average molecular weight is 278 g/mol. The molecule has 2 aliphatic carbocycles. The molecule has 0 aromatic carbocycles. The summed E-state index contributed by atoms with van der Waals surface area (Å²) in [6, 6.07) is 0.728. The van der Waals surface area contributed by atoms with Crippen molar-refractivity contribution in [3.63, 3.8) is 0 Å². The van der Waals surface area contributed by atoms with Crippen molar-refractivity contribution >= 4 is 21.8 Å². The molecule has 2 unspecified atom stereocenters. The molecule has 2 saturated carbocycles. The minimum absolute atomic E-state index is 0.149. The summed E-state index contributed by atoms with van der Waals surface area (Å²) in [6.45, 7) is 0.580. The zero-order valence-electron chi connectivity index (χ0n) is 10.3. The van der Waals surface area contributed by atoms with Crippen molar-refractivity contribution in [2.75, 3.05) is 18.6 Å². The molecule has 2 fully saturated rings. The molecule has 0 saturated heterocycles. The van der Waals surface area contributed by atoms with E-state index >= 15 is 0 Å². The lowest BCUT2D eigenvalue weighted by Gasteiger charge is -2.19. The van der Waals surface area contributed by atoms with Gasteiger partial charge in [0.2, 0.25) is 10.0 Å². The predicted molar refractivity (Wildman–Crippen MR) is 72.9 cm³/mol. The van der Waals surface area contributed by atoms with Crippen LogP contribution in [0.4, 0.5) is 0 Å². The minimum Gasteiger partial charge on any atom is -0.313 e. The van der Waals surface area contributed by atoms with Crippen LogP contribution >= 0.6 is 11.8 Å². The molecule has 2 atom stereocenters. The monoisotopic (exact) mass is 278 g/mol. The van der Waals surface area contributed by atoms with E-state index in [0.717, 1.165) is 19.3 Å². The highest BCUT2D eigenvalue weighted by Crippen LogP contribution is 2.28. The number of hydrogen-bond donors (Lipinski definition) is 2. The molecule has 0 aliphatic heterocycles. The molecule has 0 aromatic heterocycles. The van der Waals surface area contributed by atoms with Gasteiger partial charge in [0.1, 0.15) is 0 Å². The van der Waals surface area contributed by atoms with E-state index in [2.05, 4.69) is 16.3 Å². The Morgan fingerprint density at radius 2 is 2.00 bits per heavy atom. The van der Waals surface area contributed by atoms with Crippen molar-refractivity contribution in [1.82, 2.24) is 10.0 Å². The van der Waals surface area contributed by atoms with E-state index in [4.69, 9.17) is 0 Å². The largest absolute Gasteiger partial charge is 0.313 e. The van der Waals surface area contributed by atoms with Crippen LogP contribution in [-0.2, 0) is 10.0 Å². The number of nitrogens with one attached hydrogen (secondary N) is 2. The maximum absolute atomic E-state index is 11.9. The third-order valence-electron chi connectivity index (χ3n) is 3.47. The van der Waals surface area contributed by atoms with Crippen molar-refractivity contribution < 1.29 is 8.42 Å². The van der Waals surface area contributed by atoms with E-state index in [1.807, 2.05) is 0 Å². The van der Waals surface area contributed by atoms with Crippen LogP contribution in [0.2, 0.25) is 0 Å². The molecular formula is C11H22N2O2S2. The first-order chi connectivity index (χ1) is 8.11. The van der Waals surface area contributed by atoms with Gasteiger partial charge in [-0.15, -0.1) is 0 Å². The maximum Gasteiger partial charge on any atom is 0.213 e. The van der Waals surface area contributed by atoms with E-state index in [1.54, 1.807) is 11.8 Å². The molecule has 6 heteroatoms. The van der Waals surface area contributed by atoms with Crippen LogP contribution in [0, 0.1) is 0 Å². The highest BCUT2D eigenvalue weighted by atomic mass is 32.2. The summed E-state index contributed by atoms with van der Waals surface area (Å²) in [5.41, 5.74) is 0. The topological polar surface area (TPSA) is 58.2 Å². The Morgan fingerprint density at radius 3 is 2.65 bits per heavy atom. The molecule has 2 N–H and O–H groups in total. The van der Waals surface area contributed by atoms with Gasteiger partial charge in [-0.1, -0.05) is 6.42 Å². The van der Waals surface area contributed by atoms with E-state index in [0.29, 0.717) is 17.8 Å². The lowest BCUT2D eigenvalue weighted by molar-refractivity contribution is 0.551. The van der Waals surface area contributed by atoms with Gasteiger partial charge in [0, 0.05) is 23.9 Å². The smallest absolute Gasteiger partial charge is 0.213 e. The predicted octanol–water partition coefficient (Wildman–Crippen LogP) is 0.942. The van der Waals surface area contributed by atoms with Gasteiger partial charge < -0.3 is 5.32 Å². The van der Waals surface area contributed by atoms with Crippen molar-refractivity contribution in [2.24, 2.45) is 0 Å². The highest BCUT2D eigenvalue weighted by Gasteiger charge is 2.30. The fourth-order valence-electron chi connectivity index (χ4n) is 2.32. The fourth-order valence-corrected chi connectivity index (χ4v) is 4.59. The Kier molecular flexibility index (Phi) is 4.74. The summed E-state index contributed by atoms with van der Waals surface area (Å²) in [4.78, 5) is 0. The van der Waals surface area contributed by atoms with Crippen LogP contribution in [0.5, 0.6) is 0 Å². The Bertz CT molecular complexity index is 341. The second kappa shape index (κ2) is 5.91. The molecule has 17 heavy (non-hydrogen) atoms. The van der Waals surface area contributed by atoms with Crippen LogP contribution in [0.25, 0.3) is 0 Å². The Morgan fingerprint density at radius 1 is 1.24 bits per heavy atom. The minimum atomic E-state index is -3.10. The van der Waals surface area contributed by atoms with Crippen molar-refractivity contribution in [3.8, 4) is 0 Å². The van der Waals surface area contributed by atoms with Gasteiger partial charge in [-0.25, -0.2) is 13.1 Å². The maximum atomic E-state index is 11.9. The van der Waals surface area contributed by atoms with Crippen LogP contribution in [0.15, 0.2) is 0 Å². The van der Waals surface area contributed by atoms with Crippen LogP contribution in [-0.4, -0.2) is 44.3 Å². The van der Waals surface area contributed by atoms with Crippen molar-refractivity contribution in [3.05, 3.63) is 0 Å². The van der Waals surface area contributed by atoms with Crippen LogP contribution in [0.1, 0.15) is 32.1 Å². The van der Waals surface area contributed by atoms with Gasteiger partial charge in [0.05, 0.1) is 5.75 Å². The molecule has 2 aliphatic rings. The van der Waals surface area contributed by atoms with Gasteiger partial charge in [-0.05, 0) is 31.9 Å². The summed E-state index contributed by atoms with van der Waals surface area (Å²) in [6.07, 6.45) is 7.72. The molecule has 0 radical (unpaired) electrons. The second-order valence-corrected chi connectivity index (χ2v) is 7.93. The quantitative estimate of drug-likeness (QED) is 0.728. The molecule has 0 amide bonds. The van der Waals surface area contributed by atoms with Gasteiger partial charge in [0.25, 0.3) is 0 Å². The Balaban J connectivity index is 1.74. The second-order valence-electron chi connectivity index (χ2n) is 4.98. The molecule has 0 spiro atoms. The van der Waals surface area contributed by atoms with Crippen LogP contribution < -0.4 is 10.0 Å². The van der Waals surface area contributed by atoms with E-state index in [-0.39, 0.29) is 11.8 Å². The number of hydrogen-bond acceptors (Lipinski definition) is 4. The van der Waals surface area contributed by atoms with Crippen LogP contribution in [0.3, 0.4) is 0 Å². The van der Waals surface area contributed by atoms with Crippen molar-refractivity contribution in [2.45, 2.75) is 49.4 Å². The molecular weight excluding hydrogens is 256 g/mol. The molecule has 4 nitrogen and oxygen atoms in total. The lowest BCUT2D eigenvalue weighted by Crippen LogP contribution is -2.41. The van der Waals surface area contributed by atoms with E-state index in [1.165, 1.54) is 12.8 Å². The number of rotatable bonds is 7. The molecule has 0 bridgehead atoms. The highest BCUT2D eigenvalue weighted by molar-refractivity contribution is 7.99. The first kappa shape index (κ1) is 13.6. The zero-order chi connectivity index (χ0) is 12.3. The molecule has 100 valence electrons. The number of sulfonamides is 1. The van der Waals surface area contributed by atoms with Gasteiger partial charge >= 0.3 is 0 Å². The summed E-state index contributed by atoms with van der Waals surface area (Å²) in [5, 5.41) is 3.70. The fraction of sp³-hybridized carbons (Fsp3) is 1.00. The first-order valence-electron chi connectivity index (χ1n) is 6.37. The Hall–Kier alpha value is 0.220. The number of thioether (sulfide) groups is 1. The molecule has 2 rings (SSSR count).